The van der Waals surface area contributed by atoms with Gasteiger partial charge in [-0.3, -0.25) is 50.3 Å². The molecule has 6 aliphatic rings. The number of aryl methyl sites for hydroxylation is 8. The predicted octanol–water partition coefficient (Wildman–Crippen LogP) is 11.9. The zero-order valence-corrected chi connectivity index (χ0v) is 75.8. The lowest BCUT2D eigenvalue weighted by atomic mass is 10.1. The molecule has 10 heterocycles. The third-order valence-electron chi connectivity index (χ3n) is 13.3. The topological polar surface area (TPSA) is 467 Å². The number of carbonyl (C=O) groups excluding carboxylic acids is 2. The minimum absolute atomic E-state index is 0. The molecule has 0 aromatic carbocycles. The summed E-state index contributed by atoms with van der Waals surface area (Å²) in [5, 5.41) is 46.5. The Morgan fingerprint density at radius 1 is 0.658 bits per heavy atom. The number of ether oxygens (including phenoxy) is 2. The number of hydrogen-bond donors (Lipinski definition) is 8. The van der Waals surface area contributed by atoms with Crippen molar-refractivity contribution in [1.82, 2.24) is 44.5 Å². The lowest BCUT2D eigenvalue weighted by Crippen LogP contribution is -2.23. The van der Waals surface area contributed by atoms with E-state index in [0.717, 1.165) is 74.2 Å². The van der Waals surface area contributed by atoms with Crippen molar-refractivity contribution in [2.75, 3.05) is 7.05 Å². The SMILES string of the molecule is CC(=O)CC(C)=O.CC1(C)CC(Cl)=NO1.CC1(C)CC(SC(=N)N)=NO1.CC1(C)CC=NO1.CNN.Cc1[nH]n(C)c(=O)c1CSC1=NOC(C)(C)C1.Cc1cc(=O)n(C)[nH]1.Cc1nn(C)c(OC(F)F)c1CS(=O)(=O)C1=NOC(C)(C)C1.Cc1nn(C)c(OC(F)F)c1CSC1=NOC(C)(C)C1.Cl.ClCl.I.NC(N)=S. The van der Waals surface area contributed by atoms with Crippen molar-refractivity contribution < 1.29 is 74.1 Å². The first-order chi connectivity index (χ1) is 50.0. The number of H-pyrrole nitrogens is 2. The fourth-order valence-corrected chi connectivity index (χ4v) is 13.7. The number of thiocarbonyl (C=S) groups is 1. The summed E-state index contributed by atoms with van der Waals surface area (Å²) in [6.07, 6.45) is 5.92. The van der Waals surface area contributed by atoms with Crippen LogP contribution in [-0.2, 0) is 93.9 Å². The highest BCUT2D eigenvalue weighted by Gasteiger charge is 2.38. The molecule has 0 bridgehead atoms. The number of amidine groups is 1. The third-order valence-corrected chi connectivity index (χ3v) is 17.8. The largest absolute Gasteiger partial charge is 0.417 e. The summed E-state index contributed by atoms with van der Waals surface area (Å²) in [7, 11) is 12.5. The van der Waals surface area contributed by atoms with Crippen LogP contribution in [-0.4, -0.2) is 155 Å². The highest BCUT2D eigenvalue weighted by Crippen LogP contribution is 2.35. The molecule has 0 atom stereocenters. The number of thioether (sulfide) groups is 3. The van der Waals surface area contributed by atoms with E-state index >= 15 is 0 Å². The lowest BCUT2D eigenvalue weighted by Gasteiger charge is -2.13. The van der Waals surface area contributed by atoms with Crippen LogP contribution in [0.25, 0.3) is 0 Å². The van der Waals surface area contributed by atoms with Crippen molar-refractivity contribution in [1.29, 1.82) is 5.41 Å². The molecule has 0 fully saturated rings. The van der Waals surface area contributed by atoms with Gasteiger partial charge in [0, 0.05) is 135 Å². The summed E-state index contributed by atoms with van der Waals surface area (Å²) >= 11 is 13.8. The fraction of sp³-hybridized carbons (Fsp3) is 0.651. The number of nitrogens with two attached hydrogens (primary N) is 4. The quantitative estimate of drug-likeness (QED) is 0.00954. The molecule has 636 valence electrons. The van der Waals surface area contributed by atoms with Crippen LogP contribution in [0, 0.1) is 33.1 Å². The number of Topliss-reactive ketones (excluding diaryl/α,β-unsaturated/α-hetero) is 2. The Morgan fingerprint density at radius 2 is 1.05 bits per heavy atom. The van der Waals surface area contributed by atoms with E-state index in [2.05, 4.69) is 117 Å². The minimum atomic E-state index is -3.80. The molecule has 0 saturated carbocycles. The Kier molecular flexibility index (Phi) is 49.4. The number of aromatic nitrogens is 8. The Labute approximate surface area is 700 Å². The molecule has 4 aromatic rings. The molecule has 4 aromatic heterocycles. The number of nitrogens with one attached hydrogen (secondary N) is 4. The summed E-state index contributed by atoms with van der Waals surface area (Å²) in [6, 6.07) is 1.56. The van der Waals surface area contributed by atoms with Gasteiger partial charge in [0.05, 0.1) is 29.1 Å². The number of oxime groups is 6. The van der Waals surface area contributed by atoms with E-state index in [1.54, 1.807) is 73.0 Å². The summed E-state index contributed by atoms with van der Waals surface area (Å²) in [6.45, 7) is 27.1. The highest BCUT2D eigenvalue weighted by atomic mass is 127. The fourth-order valence-electron chi connectivity index (χ4n) is 8.61. The van der Waals surface area contributed by atoms with E-state index in [1.165, 1.54) is 53.6 Å². The molecular formula is C63H107Cl4F4IN20O14S5. The molecule has 6 aliphatic heterocycles. The second-order valence-corrected chi connectivity index (χ2v) is 33.7. The van der Waals surface area contributed by atoms with Gasteiger partial charge in [0.15, 0.2) is 25.2 Å². The van der Waals surface area contributed by atoms with E-state index in [-0.39, 0.29) is 133 Å². The Hall–Kier alpha value is -6.11. The number of ketones is 2. The van der Waals surface area contributed by atoms with Crippen molar-refractivity contribution in [2.24, 2.45) is 82.2 Å². The smallest absolute Gasteiger partial charge is 0.388 e. The predicted molar refractivity (Wildman–Crippen MR) is 450 cm³/mol. The standard InChI is InChI=1S/C12H17F2N3O4S.C12H17F2N3O2S.C11H17N3O2S.C6H11N3OS.C5H8ClNO.C5H8N2O.C5H9NO.C5H8O2.CH4N2S.CH6N2.Cl2.ClH.HI/c1-7-8(10(17(4)15-7)20-11(13)14)6-22(18,19)9-5-12(2,3)21-16-9;1-7-8(10(17(4)15-7)18-11(13)14)6-20-9-5-12(2,3)19-16-9;1-7-8(10(15)14(4)12-7)6-17-9-5-11(2,3)16-13-9;1-6(2)3-4(9-10-6)11-5(7)8;1-5(2)3-4(6)7-8-5;1-4-3-5(8)7(2)6-4;1-5(2)3-4-6-7-5;1-4(6)3-5(2)7;2-1(3)4;1-3-2;1-2;;/h11H,5-6H2,1-4H3;11H,5-6H2,1-4H3;12H,5-6H2,1-4H3;3H2,1-2H3,(H3,7,8);3H2,1-2H3;3,6H,1-2H3;4H,3H2,1-2H3;3H2,1-2H3;(H4,2,3,4);3H,2H2,1H3;;2*1H. The average Bonchev–Trinajstić information content (AvgIpc) is 1.65. The maximum absolute atomic E-state index is 12.5. The van der Waals surface area contributed by atoms with Crippen LogP contribution in [0.3, 0.4) is 0 Å². The van der Waals surface area contributed by atoms with Crippen molar-refractivity contribution in [2.45, 2.75) is 234 Å². The molecule has 0 unspecified atom stereocenters. The summed E-state index contributed by atoms with van der Waals surface area (Å²) in [4.78, 5) is 72.9. The number of carbonyl (C=O) groups is 2. The summed E-state index contributed by atoms with van der Waals surface area (Å²) in [5.41, 5.74) is 19.4. The number of halogens is 9. The molecule has 0 radical (unpaired) electrons. The van der Waals surface area contributed by atoms with Gasteiger partial charge in [0.2, 0.25) is 11.8 Å². The molecule has 34 nitrogen and oxygen atoms in total. The first-order valence-electron chi connectivity index (χ1n) is 32.5. The van der Waals surface area contributed by atoms with Gasteiger partial charge >= 0.3 is 13.2 Å². The van der Waals surface area contributed by atoms with Gasteiger partial charge in [-0.1, -0.05) is 42.5 Å². The number of alkyl halides is 4. The molecule has 0 spiro atoms. The molecule has 111 heavy (non-hydrogen) atoms. The van der Waals surface area contributed by atoms with Gasteiger partial charge in [-0.05, 0) is 156 Å². The Balaban J connectivity index is -0.00000122. The van der Waals surface area contributed by atoms with Crippen LogP contribution >= 0.6 is 117 Å². The van der Waals surface area contributed by atoms with Crippen molar-refractivity contribution >= 4 is 180 Å². The van der Waals surface area contributed by atoms with Gasteiger partial charge in [0.25, 0.3) is 11.1 Å². The van der Waals surface area contributed by atoms with E-state index in [4.69, 9.17) is 51.8 Å². The van der Waals surface area contributed by atoms with E-state index in [9.17, 15) is 45.2 Å². The summed E-state index contributed by atoms with van der Waals surface area (Å²) < 4.78 is 88.8. The van der Waals surface area contributed by atoms with Crippen LogP contribution in [0.1, 0.15) is 181 Å². The van der Waals surface area contributed by atoms with Gasteiger partial charge in [-0.15, -0.1) is 59.9 Å². The van der Waals surface area contributed by atoms with Gasteiger partial charge in [0.1, 0.15) is 65.5 Å². The normalized spacial score (nSPS) is 16.4. The first-order valence-corrected chi connectivity index (χ1v) is 38.9. The summed E-state index contributed by atoms with van der Waals surface area (Å²) in [5.74, 6) is 4.89. The molecule has 48 heteroatoms. The van der Waals surface area contributed by atoms with Crippen molar-refractivity contribution in [3.05, 3.63) is 66.2 Å². The van der Waals surface area contributed by atoms with Gasteiger partial charge in [-0.25, -0.2) is 17.8 Å². The first kappa shape index (κ1) is 109. The number of aromatic amines is 2. The van der Waals surface area contributed by atoms with Crippen LogP contribution < -0.4 is 49.1 Å². The highest BCUT2D eigenvalue weighted by molar-refractivity contribution is 14.0. The number of rotatable bonds is 12. The maximum Gasteiger partial charge on any atom is 0.388 e. The molecular weight excluding hydrogens is 1770 g/mol. The zero-order chi connectivity index (χ0) is 84.6. The van der Waals surface area contributed by atoms with Crippen LogP contribution in [0.5, 0.6) is 11.8 Å². The molecule has 0 amide bonds. The molecule has 10 rings (SSSR count). The van der Waals surface area contributed by atoms with Crippen molar-refractivity contribution in [3.8, 4) is 11.8 Å². The number of sulfone groups is 1. The van der Waals surface area contributed by atoms with Crippen molar-refractivity contribution in [3.63, 3.8) is 0 Å². The number of nitrogens with zero attached hydrogens (tertiary/aromatic N) is 12. The van der Waals surface area contributed by atoms with E-state index < -0.39 is 34.4 Å². The zero-order valence-electron chi connectivity index (χ0n) is 66.3. The monoisotopic (exact) mass is 1870 g/mol. The minimum Gasteiger partial charge on any atom is -0.417 e. The van der Waals surface area contributed by atoms with Gasteiger partial charge < -0.3 is 60.8 Å². The lowest BCUT2D eigenvalue weighted by molar-refractivity contribution is -0.124. The van der Waals surface area contributed by atoms with E-state index in [1.807, 2.05) is 83.1 Å². The number of hydrazine groups is 1. The maximum atomic E-state index is 12.5. The van der Waals surface area contributed by atoms with Crippen LogP contribution in [0.4, 0.5) is 17.6 Å². The molecule has 12 N–H and O–H groups in total. The van der Waals surface area contributed by atoms with E-state index in [0.29, 0.717) is 40.0 Å². The second kappa shape index (κ2) is 50.3. The average molecular weight is 1870 g/mol. The number of hydrogen-bond acceptors (Lipinski definition) is 29. The third kappa shape index (κ3) is 45.0. The van der Waals surface area contributed by atoms with Gasteiger partial charge in [-0.2, -0.15) is 27.8 Å². The second-order valence-electron chi connectivity index (χ2n) is 27.6. The Bertz CT molecular complexity index is 4050. The molecule has 0 saturated heterocycles. The van der Waals surface area contributed by atoms with Crippen LogP contribution in [0.2, 0.25) is 0 Å². The van der Waals surface area contributed by atoms with Crippen LogP contribution in [0.15, 0.2) is 46.6 Å². The Morgan fingerprint density at radius 3 is 1.31 bits per heavy atom. The molecule has 0 aliphatic carbocycles.